The molecule has 0 bridgehead atoms. The van der Waals surface area contributed by atoms with E-state index >= 15 is 0 Å². The fraction of sp³-hybridized carbons (Fsp3) is 0.429. The first-order valence-electron chi connectivity index (χ1n) is 6.74. The first-order valence-corrected chi connectivity index (χ1v) is 6.74. The second kappa shape index (κ2) is 5.03. The van der Waals surface area contributed by atoms with Crippen molar-refractivity contribution in [1.29, 1.82) is 0 Å². The van der Waals surface area contributed by atoms with Gasteiger partial charge in [-0.1, -0.05) is 30.3 Å². The van der Waals surface area contributed by atoms with Crippen LogP contribution in [0.25, 0.3) is 0 Å². The van der Waals surface area contributed by atoms with Gasteiger partial charge in [0.05, 0.1) is 0 Å². The SMILES string of the molecule is O=C(O)C1(n2cnnn2)CCC(c2ccccc2)CC1. The second-order valence-electron chi connectivity index (χ2n) is 5.28. The van der Waals surface area contributed by atoms with Gasteiger partial charge < -0.3 is 5.11 Å². The summed E-state index contributed by atoms with van der Waals surface area (Å²) in [7, 11) is 0. The number of aromatic nitrogens is 4. The fourth-order valence-electron chi connectivity index (χ4n) is 3.05. The Hall–Kier alpha value is -2.24. The van der Waals surface area contributed by atoms with Crippen LogP contribution >= 0.6 is 0 Å². The van der Waals surface area contributed by atoms with Gasteiger partial charge in [-0.15, -0.1) is 5.10 Å². The average molecular weight is 272 g/mol. The highest BCUT2D eigenvalue weighted by Crippen LogP contribution is 2.41. The van der Waals surface area contributed by atoms with Crippen LogP contribution in [0.4, 0.5) is 0 Å². The lowest BCUT2D eigenvalue weighted by Gasteiger charge is -2.36. The highest BCUT2D eigenvalue weighted by Gasteiger charge is 2.45. The van der Waals surface area contributed by atoms with Crippen LogP contribution in [0.15, 0.2) is 36.7 Å². The summed E-state index contributed by atoms with van der Waals surface area (Å²) >= 11 is 0. The van der Waals surface area contributed by atoms with Gasteiger partial charge in [-0.05, 0) is 47.6 Å². The van der Waals surface area contributed by atoms with Gasteiger partial charge in [0.15, 0.2) is 5.54 Å². The molecule has 2 aromatic rings. The van der Waals surface area contributed by atoms with E-state index in [1.54, 1.807) is 0 Å². The number of carboxylic acids is 1. The number of hydrogen-bond donors (Lipinski definition) is 1. The van der Waals surface area contributed by atoms with Crippen molar-refractivity contribution in [3.05, 3.63) is 42.2 Å². The molecule has 0 saturated heterocycles. The van der Waals surface area contributed by atoms with Gasteiger partial charge in [-0.3, -0.25) is 0 Å². The third-order valence-corrected chi connectivity index (χ3v) is 4.27. The summed E-state index contributed by atoms with van der Waals surface area (Å²) < 4.78 is 1.40. The van der Waals surface area contributed by atoms with Gasteiger partial charge >= 0.3 is 5.97 Å². The van der Waals surface area contributed by atoms with Crippen molar-refractivity contribution in [2.75, 3.05) is 0 Å². The van der Waals surface area contributed by atoms with Gasteiger partial charge in [-0.25, -0.2) is 9.48 Å². The number of nitrogens with zero attached hydrogens (tertiary/aromatic N) is 4. The Morgan fingerprint density at radius 1 is 1.25 bits per heavy atom. The molecular formula is C14H16N4O2. The maximum atomic E-state index is 11.7. The molecule has 1 aliphatic carbocycles. The third kappa shape index (κ3) is 2.07. The third-order valence-electron chi connectivity index (χ3n) is 4.27. The zero-order chi connectivity index (χ0) is 14.0. The molecular weight excluding hydrogens is 256 g/mol. The topological polar surface area (TPSA) is 80.9 Å². The Labute approximate surface area is 116 Å². The number of aliphatic carboxylic acids is 1. The van der Waals surface area contributed by atoms with E-state index in [-0.39, 0.29) is 0 Å². The number of hydrogen-bond acceptors (Lipinski definition) is 4. The normalized spacial score (nSPS) is 26.3. The van der Waals surface area contributed by atoms with Gasteiger partial charge in [0, 0.05) is 0 Å². The Bertz CT molecular complexity index is 574. The predicted molar refractivity (Wildman–Crippen MR) is 71.1 cm³/mol. The predicted octanol–water partition coefficient (Wildman–Crippen LogP) is 1.81. The van der Waals surface area contributed by atoms with Crippen LogP contribution in [-0.4, -0.2) is 31.3 Å². The first-order chi connectivity index (χ1) is 9.72. The van der Waals surface area contributed by atoms with Crippen LogP contribution in [0, 0.1) is 0 Å². The molecule has 1 aliphatic rings. The molecule has 1 heterocycles. The largest absolute Gasteiger partial charge is 0.479 e. The van der Waals surface area contributed by atoms with Gasteiger partial charge in [0.2, 0.25) is 0 Å². The van der Waals surface area contributed by atoms with E-state index in [2.05, 4.69) is 27.7 Å². The van der Waals surface area contributed by atoms with E-state index in [0.29, 0.717) is 18.8 Å². The Morgan fingerprint density at radius 2 is 1.95 bits per heavy atom. The number of benzene rings is 1. The smallest absolute Gasteiger partial charge is 0.331 e. The van der Waals surface area contributed by atoms with E-state index in [9.17, 15) is 9.90 Å². The van der Waals surface area contributed by atoms with E-state index in [1.165, 1.54) is 16.6 Å². The number of carboxylic acid groups (broad SMARTS) is 1. The summed E-state index contributed by atoms with van der Waals surface area (Å²) in [5.41, 5.74) is 0.289. The molecule has 0 unspecified atom stereocenters. The van der Waals surface area contributed by atoms with E-state index in [0.717, 1.165) is 12.8 Å². The summed E-state index contributed by atoms with van der Waals surface area (Å²) in [6.07, 6.45) is 4.16. The Kier molecular flexibility index (Phi) is 3.22. The highest BCUT2D eigenvalue weighted by molar-refractivity contribution is 5.76. The van der Waals surface area contributed by atoms with Crippen LogP contribution < -0.4 is 0 Å². The van der Waals surface area contributed by atoms with Crippen molar-refractivity contribution in [2.24, 2.45) is 0 Å². The molecule has 6 heteroatoms. The zero-order valence-electron chi connectivity index (χ0n) is 11.0. The van der Waals surface area contributed by atoms with Crippen molar-refractivity contribution in [3.63, 3.8) is 0 Å². The molecule has 20 heavy (non-hydrogen) atoms. The van der Waals surface area contributed by atoms with Crippen molar-refractivity contribution in [3.8, 4) is 0 Å². The minimum Gasteiger partial charge on any atom is -0.479 e. The molecule has 1 aromatic carbocycles. The van der Waals surface area contributed by atoms with Crippen LogP contribution in [0.3, 0.4) is 0 Å². The molecule has 6 nitrogen and oxygen atoms in total. The summed E-state index contributed by atoms with van der Waals surface area (Å²) in [5, 5.41) is 20.5. The second-order valence-corrected chi connectivity index (χ2v) is 5.28. The molecule has 3 rings (SSSR count). The molecule has 1 saturated carbocycles. The first kappa shape index (κ1) is 12.8. The lowest BCUT2D eigenvalue weighted by Crippen LogP contribution is -2.45. The maximum absolute atomic E-state index is 11.7. The van der Waals surface area contributed by atoms with Crippen molar-refractivity contribution >= 4 is 5.97 Å². The maximum Gasteiger partial charge on any atom is 0.331 e. The Morgan fingerprint density at radius 3 is 2.50 bits per heavy atom. The Balaban J connectivity index is 1.81. The monoisotopic (exact) mass is 272 g/mol. The molecule has 0 amide bonds. The van der Waals surface area contributed by atoms with Gasteiger partial charge in [-0.2, -0.15) is 0 Å². The minimum atomic E-state index is -0.991. The lowest BCUT2D eigenvalue weighted by molar-refractivity contribution is -0.150. The van der Waals surface area contributed by atoms with Crippen LogP contribution in [0.1, 0.15) is 37.2 Å². The molecule has 1 fully saturated rings. The molecule has 1 aromatic heterocycles. The fourth-order valence-corrected chi connectivity index (χ4v) is 3.05. The van der Waals surface area contributed by atoms with Crippen LogP contribution in [0.2, 0.25) is 0 Å². The van der Waals surface area contributed by atoms with E-state index in [4.69, 9.17) is 0 Å². The van der Waals surface area contributed by atoms with Crippen molar-refractivity contribution in [1.82, 2.24) is 20.2 Å². The van der Waals surface area contributed by atoms with E-state index in [1.807, 2.05) is 18.2 Å². The van der Waals surface area contributed by atoms with Gasteiger partial charge in [0.25, 0.3) is 0 Å². The van der Waals surface area contributed by atoms with Crippen molar-refractivity contribution < 1.29 is 9.90 Å². The van der Waals surface area contributed by atoms with Crippen LogP contribution in [-0.2, 0) is 10.3 Å². The molecule has 0 atom stereocenters. The van der Waals surface area contributed by atoms with Gasteiger partial charge in [0.1, 0.15) is 6.33 Å². The molecule has 104 valence electrons. The number of tetrazole rings is 1. The summed E-state index contributed by atoms with van der Waals surface area (Å²) in [6.45, 7) is 0. The van der Waals surface area contributed by atoms with Crippen LogP contribution in [0.5, 0.6) is 0 Å². The number of carbonyl (C=O) groups is 1. The summed E-state index contributed by atoms with van der Waals surface area (Å²) in [5.74, 6) is -0.434. The lowest BCUT2D eigenvalue weighted by atomic mass is 9.74. The quantitative estimate of drug-likeness (QED) is 0.921. The zero-order valence-corrected chi connectivity index (χ0v) is 11.0. The standard InChI is InChI=1S/C14H16N4O2/c19-13(20)14(18-10-15-16-17-18)8-6-12(7-9-14)11-4-2-1-3-5-11/h1-5,10,12H,6-9H2,(H,19,20). The minimum absolute atomic E-state index is 0.417. The summed E-state index contributed by atoms with van der Waals surface area (Å²) in [4.78, 5) is 11.7. The van der Waals surface area contributed by atoms with Crippen molar-refractivity contribution in [2.45, 2.75) is 37.1 Å². The molecule has 1 N–H and O–H groups in total. The number of rotatable bonds is 3. The van der Waals surface area contributed by atoms with E-state index < -0.39 is 11.5 Å². The average Bonchev–Trinajstić information content (AvgIpc) is 3.03. The molecule has 0 spiro atoms. The highest BCUT2D eigenvalue weighted by atomic mass is 16.4. The summed E-state index contributed by atoms with van der Waals surface area (Å²) in [6, 6.07) is 10.3. The molecule has 0 radical (unpaired) electrons. The molecule has 0 aliphatic heterocycles.